The zero-order chi connectivity index (χ0) is 21.0. The standard InChI is InChI=1S/C24H38O4S/c1-3-5-7-9-11-13-17-27-21-15-16-24-22(19-21)23(20-29(24,25)26)28-18-14-12-10-8-6-4-2/h15-16,19-20H,3-14,17-18H2,1-2H3. The van der Waals surface area contributed by atoms with E-state index >= 15 is 0 Å². The Labute approximate surface area is 177 Å². The van der Waals surface area contributed by atoms with Gasteiger partial charge in [0.05, 0.1) is 23.5 Å². The SMILES string of the molecule is CCCCCCCCOC1=CS(=O)(=O)c2ccc(OCCCCCCCC)cc21. The number of unbranched alkanes of at least 4 members (excludes halogenated alkanes) is 10. The maximum Gasteiger partial charge on any atom is 0.204 e. The summed E-state index contributed by atoms with van der Waals surface area (Å²) in [6.45, 7) is 5.64. The maximum absolute atomic E-state index is 12.4. The van der Waals surface area contributed by atoms with Crippen molar-refractivity contribution < 1.29 is 17.9 Å². The molecule has 0 spiro atoms. The van der Waals surface area contributed by atoms with E-state index in [2.05, 4.69) is 13.8 Å². The largest absolute Gasteiger partial charge is 0.494 e. The van der Waals surface area contributed by atoms with E-state index < -0.39 is 9.84 Å². The lowest BCUT2D eigenvalue weighted by atomic mass is 10.1. The molecule has 0 radical (unpaired) electrons. The molecule has 5 heteroatoms. The molecular weight excluding hydrogens is 384 g/mol. The monoisotopic (exact) mass is 422 g/mol. The van der Waals surface area contributed by atoms with Crippen LogP contribution < -0.4 is 4.74 Å². The van der Waals surface area contributed by atoms with Gasteiger partial charge in [-0.3, -0.25) is 0 Å². The molecule has 0 atom stereocenters. The molecule has 1 aliphatic heterocycles. The first kappa shape index (κ1) is 23.8. The normalized spacial score (nSPS) is 14.5. The zero-order valence-corrected chi connectivity index (χ0v) is 19.1. The molecule has 0 N–H and O–H groups in total. The van der Waals surface area contributed by atoms with Crippen molar-refractivity contribution in [2.45, 2.75) is 95.8 Å². The van der Waals surface area contributed by atoms with E-state index in [9.17, 15) is 8.42 Å². The average molecular weight is 423 g/mol. The summed E-state index contributed by atoms with van der Waals surface area (Å²) in [6, 6.07) is 5.20. The molecule has 1 heterocycles. The van der Waals surface area contributed by atoms with Gasteiger partial charge in [-0.15, -0.1) is 0 Å². The number of rotatable bonds is 16. The van der Waals surface area contributed by atoms with Gasteiger partial charge in [0, 0.05) is 5.56 Å². The second kappa shape index (κ2) is 12.9. The van der Waals surface area contributed by atoms with Crippen LogP contribution in [0.15, 0.2) is 28.5 Å². The number of fused-ring (bicyclic) bond motifs is 1. The minimum atomic E-state index is -3.41. The summed E-state index contributed by atoms with van der Waals surface area (Å²) in [4.78, 5) is 0.322. The van der Waals surface area contributed by atoms with Gasteiger partial charge in [0.15, 0.2) is 0 Å². The Morgan fingerprint density at radius 1 is 0.724 bits per heavy atom. The van der Waals surface area contributed by atoms with Gasteiger partial charge in [0.2, 0.25) is 9.84 Å². The summed E-state index contributed by atoms with van der Waals surface area (Å²) >= 11 is 0. The van der Waals surface area contributed by atoms with Crippen LogP contribution >= 0.6 is 0 Å². The van der Waals surface area contributed by atoms with Gasteiger partial charge in [0.25, 0.3) is 0 Å². The van der Waals surface area contributed by atoms with E-state index in [1.165, 1.54) is 63.2 Å². The van der Waals surface area contributed by atoms with E-state index in [0.717, 1.165) is 19.3 Å². The Morgan fingerprint density at radius 3 is 1.90 bits per heavy atom. The van der Waals surface area contributed by atoms with E-state index in [4.69, 9.17) is 9.47 Å². The third-order valence-electron chi connectivity index (χ3n) is 5.31. The summed E-state index contributed by atoms with van der Waals surface area (Å²) in [6.07, 6.45) is 14.3. The molecule has 0 saturated carbocycles. The fraction of sp³-hybridized carbons (Fsp3) is 0.667. The van der Waals surface area contributed by atoms with Crippen LogP contribution in [0.5, 0.6) is 5.75 Å². The molecule has 0 amide bonds. The lowest BCUT2D eigenvalue weighted by Crippen LogP contribution is -2.00. The highest BCUT2D eigenvalue weighted by molar-refractivity contribution is 7.94. The van der Waals surface area contributed by atoms with Gasteiger partial charge in [-0.25, -0.2) is 8.42 Å². The summed E-state index contributed by atoms with van der Waals surface area (Å²) < 4.78 is 36.4. The highest BCUT2D eigenvalue weighted by Crippen LogP contribution is 2.36. The number of sulfone groups is 1. The van der Waals surface area contributed by atoms with E-state index in [0.29, 0.717) is 35.2 Å². The summed E-state index contributed by atoms with van der Waals surface area (Å²) in [5, 5.41) is 1.26. The van der Waals surface area contributed by atoms with Crippen molar-refractivity contribution in [1.82, 2.24) is 0 Å². The molecule has 4 nitrogen and oxygen atoms in total. The molecule has 29 heavy (non-hydrogen) atoms. The molecular formula is C24H38O4S. The highest BCUT2D eigenvalue weighted by Gasteiger charge is 2.28. The highest BCUT2D eigenvalue weighted by atomic mass is 32.2. The molecule has 164 valence electrons. The second-order valence-electron chi connectivity index (χ2n) is 7.92. The minimum absolute atomic E-state index is 0.322. The van der Waals surface area contributed by atoms with Crippen molar-refractivity contribution in [2.24, 2.45) is 0 Å². The topological polar surface area (TPSA) is 52.6 Å². The quantitative estimate of drug-likeness (QED) is 0.272. The Hall–Kier alpha value is -1.49. The molecule has 1 aromatic carbocycles. The van der Waals surface area contributed by atoms with Crippen molar-refractivity contribution in [2.75, 3.05) is 13.2 Å². The Kier molecular flexibility index (Phi) is 10.6. The van der Waals surface area contributed by atoms with Crippen LogP contribution in [0.25, 0.3) is 5.76 Å². The van der Waals surface area contributed by atoms with Gasteiger partial charge in [-0.05, 0) is 31.0 Å². The van der Waals surface area contributed by atoms with Crippen LogP contribution in [0.4, 0.5) is 0 Å². The van der Waals surface area contributed by atoms with Crippen LogP contribution in [0.2, 0.25) is 0 Å². The lowest BCUT2D eigenvalue weighted by molar-refractivity contribution is 0.266. The predicted molar refractivity (Wildman–Crippen MR) is 120 cm³/mol. The van der Waals surface area contributed by atoms with Crippen LogP contribution in [-0.4, -0.2) is 21.6 Å². The fourth-order valence-corrected chi connectivity index (χ4v) is 4.88. The van der Waals surface area contributed by atoms with Crippen LogP contribution in [0.1, 0.15) is 96.5 Å². The van der Waals surface area contributed by atoms with Crippen molar-refractivity contribution in [3.8, 4) is 5.75 Å². The van der Waals surface area contributed by atoms with E-state index in [1.54, 1.807) is 12.1 Å². The summed E-state index contributed by atoms with van der Waals surface area (Å²) in [5.74, 6) is 1.17. The van der Waals surface area contributed by atoms with Gasteiger partial charge in [-0.1, -0.05) is 78.1 Å². The summed E-state index contributed by atoms with van der Waals surface area (Å²) in [5.41, 5.74) is 0.636. The maximum atomic E-state index is 12.4. The zero-order valence-electron chi connectivity index (χ0n) is 18.3. The first-order valence-corrected chi connectivity index (χ1v) is 13.0. The molecule has 0 unspecified atom stereocenters. The average Bonchev–Trinajstić information content (AvgIpc) is 2.96. The van der Waals surface area contributed by atoms with Crippen molar-refractivity contribution in [1.29, 1.82) is 0 Å². The minimum Gasteiger partial charge on any atom is -0.494 e. The Morgan fingerprint density at radius 2 is 1.28 bits per heavy atom. The van der Waals surface area contributed by atoms with E-state index in [-0.39, 0.29) is 0 Å². The van der Waals surface area contributed by atoms with Crippen LogP contribution in [0.3, 0.4) is 0 Å². The molecule has 0 saturated heterocycles. The third-order valence-corrected chi connectivity index (χ3v) is 6.80. The van der Waals surface area contributed by atoms with Crippen LogP contribution in [-0.2, 0) is 14.6 Å². The van der Waals surface area contributed by atoms with Crippen molar-refractivity contribution in [3.05, 3.63) is 29.2 Å². The molecule has 0 aromatic heterocycles. The lowest BCUT2D eigenvalue weighted by Gasteiger charge is -2.11. The first-order chi connectivity index (χ1) is 14.1. The molecule has 0 bridgehead atoms. The smallest absolute Gasteiger partial charge is 0.204 e. The van der Waals surface area contributed by atoms with Crippen molar-refractivity contribution >= 4 is 15.6 Å². The van der Waals surface area contributed by atoms with Crippen molar-refractivity contribution in [3.63, 3.8) is 0 Å². The number of benzene rings is 1. The van der Waals surface area contributed by atoms with Gasteiger partial charge in [0.1, 0.15) is 11.5 Å². The summed E-state index contributed by atoms with van der Waals surface area (Å²) in [7, 11) is -3.41. The number of ether oxygens (including phenoxy) is 2. The fourth-order valence-electron chi connectivity index (χ4n) is 3.56. The molecule has 0 aliphatic carbocycles. The molecule has 1 aliphatic rings. The first-order valence-electron chi connectivity index (χ1n) is 11.4. The van der Waals surface area contributed by atoms with Gasteiger partial charge < -0.3 is 9.47 Å². The predicted octanol–water partition coefficient (Wildman–Crippen LogP) is 6.89. The Balaban J connectivity index is 1.82. The second-order valence-corrected chi connectivity index (χ2v) is 9.68. The number of hydrogen-bond donors (Lipinski definition) is 0. The Bertz CT molecular complexity index is 737. The van der Waals surface area contributed by atoms with E-state index in [1.807, 2.05) is 6.07 Å². The van der Waals surface area contributed by atoms with Crippen LogP contribution in [0, 0.1) is 0 Å². The molecule has 1 aromatic rings. The third kappa shape index (κ3) is 8.04. The molecule has 2 rings (SSSR count). The van der Waals surface area contributed by atoms with Gasteiger partial charge in [-0.2, -0.15) is 0 Å². The molecule has 0 fully saturated rings. The van der Waals surface area contributed by atoms with Gasteiger partial charge >= 0.3 is 0 Å². The number of hydrogen-bond acceptors (Lipinski definition) is 4.